The summed E-state index contributed by atoms with van der Waals surface area (Å²) in [6, 6.07) is 12.5. The Morgan fingerprint density at radius 2 is 1.92 bits per heavy atom. The van der Waals surface area contributed by atoms with E-state index < -0.39 is 5.82 Å². The van der Waals surface area contributed by atoms with Gasteiger partial charge >= 0.3 is 0 Å². The number of aliphatic hydroxyl groups is 1. The van der Waals surface area contributed by atoms with Crippen molar-refractivity contribution in [1.29, 1.82) is 0 Å². The zero-order valence-electron chi connectivity index (χ0n) is 13.7. The van der Waals surface area contributed by atoms with Gasteiger partial charge in [-0.15, -0.1) is 0 Å². The molecule has 25 heavy (non-hydrogen) atoms. The zero-order chi connectivity index (χ0) is 17.2. The summed E-state index contributed by atoms with van der Waals surface area (Å²) in [6.45, 7) is 0.487. The standard InChI is InChI=1S/C20H19FO4/c21-18-11-14(9-15-10-17(12-22)25-20(15)18)13-4-6-16(7-5-13)24-19-3-1-2-8-23-19/h4-7,9-11,19,22H,1-3,8,12H2. The molecule has 1 aromatic heterocycles. The zero-order valence-corrected chi connectivity index (χ0v) is 13.7. The van der Waals surface area contributed by atoms with Crippen LogP contribution in [0.5, 0.6) is 5.75 Å². The molecule has 4 rings (SSSR count). The Morgan fingerprint density at radius 1 is 1.08 bits per heavy atom. The van der Waals surface area contributed by atoms with E-state index >= 15 is 0 Å². The second-order valence-electron chi connectivity index (χ2n) is 6.19. The van der Waals surface area contributed by atoms with Gasteiger partial charge in [0.05, 0.1) is 6.61 Å². The number of hydrogen-bond donors (Lipinski definition) is 1. The van der Waals surface area contributed by atoms with Gasteiger partial charge in [0.1, 0.15) is 18.1 Å². The first-order valence-electron chi connectivity index (χ1n) is 8.44. The largest absolute Gasteiger partial charge is 0.465 e. The third kappa shape index (κ3) is 3.38. The SMILES string of the molecule is OCc1cc2cc(-c3ccc(OC4CCCCO4)cc3)cc(F)c2o1. The molecule has 5 heteroatoms. The van der Waals surface area contributed by atoms with Crippen LogP contribution in [0.4, 0.5) is 4.39 Å². The third-order valence-electron chi connectivity index (χ3n) is 4.37. The van der Waals surface area contributed by atoms with Crippen LogP contribution in [0.1, 0.15) is 25.0 Å². The fourth-order valence-corrected chi connectivity index (χ4v) is 3.09. The summed E-state index contributed by atoms with van der Waals surface area (Å²) in [4.78, 5) is 0. The lowest BCUT2D eigenvalue weighted by Gasteiger charge is -2.23. The minimum absolute atomic E-state index is 0.169. The lowest BCUT2D eigenvalue weighted by molar-refractivity contribution is -0.105. The summed E-state index contributed by atoms with van der Waals surface area (Å²) < 4.78 is 30.9. The van der Waals surface area contributed by atoms with E-state index in [-0.39, 0.29) is 18.5 Å². The number of hydrogen-bond acceptors (Lipinski definition) is 4. The Bertz CT molecular complexity index is 863. The van der Waals surface area contributed by atoms with Crippen molar-refractivity contribution in [2.45, 2.75) is 32.2 Å². The molecule has 0 bridgehead atoms. The Labute approximate surface area is 144 Å². The van der Waals surface area contributed by atoms with Gasteiger partial charge in [0.15, 0.2) is 17.7 Å². The van der Waals surface area contributed by atoms with Gasteiger partial charge in [0.25, 0.3) is 0 Å². The van der Waals surface area contributed by atoms with E-state index in [9.17, 15) is 4.39 Å². The second kappa shape index (κ2) is 6.86. The van der Waals surface area contributed by atoms with Crippen molar-refractivity contribution in [3.63, 3.8) is 0 Å². The number of furan rings is 1. The molecular formula is C20H19FO4. The Kier molecular flexibility index (Phi) is 4.42. The summed E-state index contributed by atoms with van der Waals surface area (Å²) in [7, 11) is 0. The molecule has 0 aliphatic carbocycles. The normalized spacial score (nSPS) is 17.8. The minimum atomic E-state index is -0.442. The highest BCUT2D eigenvalue weighted by Gasteiger charge is 2.15. The maximum Gasteiger partial charge on any atom is 0.199 e. The van der Waals surface area contributed by atoms with E-state index in [0.717, 1.165) is 42.7 Å². The molecule has 1 fully saturated rings. The van der Waals surface area contributed by atoms with Crippen LogP contribution in [0, 0.1) is 5.82 Å². The first kappa shape index (κ1) is 16.1. The van der Waals surface area contributed by atoms with Gasteiger partial charge in [0, 0.05) is 11.8 Å². The van der Waals surface area contributed by atoms with Crippen LogP contribution >= 0.6 is 0 Å². The molecule has 1 atom stereocenters. The van der Waals surface area contributed by atoms with Gasteiger partial charge in [-0.25, -0.2) is 4.39 Å². The second-order valence-corrected chi connectivity index (χ2v) is 6.19. The smallest absolute Gasteiger partial charge is 0.199 e. The molecule has 1 N–H and O–H groups in total. The van der Waals surface area contributed by atoms with Crippen molar-refractivity contribution in [2.75, 3.05) is 6.61 Å². The number of ether oxygens (including phenoxy) is 2. The first-order valence-corrected chi connectivity index (χ1v) is 8.44. The number of halogens is 1. The van der Waals surface area contributed by atoms with Gasteiger partial charge < -0.3 is 19.0 Å². The summed E-state index contributed by atoms with van der Waals surface area (Å²) in [5.41, 5.74) is 1.79. The summed E-state index contributed by atoms with van der Waals surface area (Å²) in [5, 5.41) is 9.77. The number of benzene rings is 2. The molecule has 1 saturated heterocycles. The molecule has 130 valence electrons. The van der Waals surface area contributed by atoms with Crippen molar-refractivity contribution in [2.24, 2.45) is 0 Å². The molecule has 1 unspecified atom stereocenters. The highest BCUT2D eigenvalue weighted by molar-refractivity contribution is 5.84. The van der Waals surface area contributed by atoms with E-state index in [2.05, 4.69) is 0 Å². The van der Waals surface area contributed by atoms with Gasteiger partial charge in [-0.3, -0.25) is 0 Å². The molecule has 1 aliphatic rings. The average Bonchev–Trinajstić information content (AvgIpc) is 3.07. The number of rotatable bonds is 4. The predicted octanol–water partition coefficient (Wildman–Crippen LogP) is 4.64. The van der Waals surface area contributed by atoms with Gasteiger partial charge in [0.2, 0.25) is 0 Å². The maximum absolute atomic E-state index is 14.3. The van der Waals surface area contributed by atoms with Crippen LogP contribution < -0.4 is 4.74 Å². The first-order chi connectivity index (χ1) is 12.2. The molecule has 4 nitrogen and oxygen atoms in total. The molecule has 2 heterocycles. The Hall–Kier alpha value is -2.37. The molecule has 0 spiro atoms. The molecule has 0 saturated carbocycles. The number of fused-ring (bicyclic) bond motifs is 1. The molecule has 0 radical (unpaired) electrons. The fourth-order valence-electron chi connectivity index (χ4n) is 3.09. The van der Waals surface area contributed by atoms with E-state index in [0.29, 0.717) is 11.1 Å². The van der Waals surface area contributed by atoms with Gasteiger partial charge in [-0.1, -0.05) is 12.1 Å². The van der Waals surface area contributed by atoms with Crippen molar-refractivity contribution < 1.29 is 23.4 Å². The summed E-state index contributed by atoms with van der Waals surface area (Å²) in [6.07, 6.45) is 2.91. The lowest BCUT2D eigenvalue weighted by atomic mass is 10.0. The Balaban J connectivity index is 1.57. The van der Waals surface area contributed by atoms with Crippen LogP contribution in [-0.2, 0) is 11.3 Å². The van der Waals surface area contributed by atoms with Crippen molar-refractivity contribution >= 4 is 11.0 Å². The quantitative estimate of drug-likeness (QED) is 0.751. The highest BCUT2D eigenvalue weighted by atomic mass is 19.1. The molecule has 3 aromatic rings. The van der Waals surface area contributed by atoms with Crippen LogP contribution in [0.15, 0.2) is 46.9 Å². The molecule has 1 aliphatic heterocycles. The van der Waals surface area contributed by atoms with Crippen molar-refractivity contribution in [3.8, 4) is 16.9 Å². The monoisotopic (exact) mass is 342 g/mol. The van der Waals surface area contributed by atoms with Gasteiger partial charge in [-0.05, 0) is 54.3 Å². The topological polar surface area (TPSA) is 51.8 Å². The molecule has 0 amide bonds. The van der Waals surface area contributed by atoms with E-state index in [1.807, 2.05) is 30.3 Å². The lowest BCUT2D eigenvalue weighted by Crippen LogP contribution is -2.24. The van der Waals surface area contributed by atoms with Crippen LogP contribution in [0.3, 0.4) is 0 Å². The Morgan fingerprint density at radius 3 is 2.64 bits per heavy atom. The fraction of sp³-hybridized carbons (Fsp3) is 0.300. The average molecular weight is 342 g/mol. The van der Waals surface area contributed by atoms with E-state index in [1.54, 1.807) is 6.07 Å². The predicted molar refractivity (Wildman–Crippen MR) is 91.7 cm³/mol. The van der Waals surface area contributed by atoms with E-state index in [1.165, 1.54) is 6.07 Å². The molecular weight excluding hydrogens is 323 g/mol. The third-order valence-corrected chi connectivity index (χ3v) is 4.37. The van der Waals surface area contributed by atoms with Crippen LogP contribution in [-0.4, -0.2) is 18.0 Å². The highest BCUT2D eigenvalue weighted by Crippen LogP contribution is 2.30. The summed E-state index contributed by atoms with van der Waals surface area (Å²) in [5.74, 6) is 0.647. The van der Waals surface area contributed by atoms with Crippen LogP contribution in [0.2, 0.25) is 0 Å². The number of aliphatic hydroxyl groups excluding tert-OH is 1. The summed E-state index contributed by atoms with van der Waals surface area (Å²) >= 11 is 0. The maximum atomic E-state index is 14.3. The van der Waals surface area contributed by atoms with Gasteiger partial charge in [-0.2, -0.15) is 0 Å². The minimum Gasteiger partial charge on any atom is -0.465 e. The molecule has 2 aromatic carbocycles. The van der Waals surface area contributed by atoms with Crippen LogP contribution in [0.25, 0.3) is 22.1 Å². The van der Waals surface area contributed by atoms with Crippen molar-refractivity contribution in [1.82, 2.24) is 0 Å². The van der Waals surface area contributed by atoms with E-state index in [4.69, 9.17) is 19.0 Å². The van der Waals surface area contributed by atoms with Crippen molar-refractivity contribution in [3.05, 3.63) is 54.0 Å².